The highest BCUT2D eigenvalue weighted by Crippen LogP contribution is 2.54. The van der Waals surface area contributed by atoms with Crippen LogP contribution in [0.1, 0.15) is 22.3 Å². The SMILES string of the molecule is O=C(CN1C[C@@]2(CC2F)c2cc(I)ccc2C1=O)Nc1ncc(F)cn1. The molecule has 0 radical (unpaired) electrons. The number of halogens is 3. The molecule has 2 aliphatic rings. The number of carbonyl (C=O) groups is 2. The molecular weight excluding hydrogens is 457 g/mol. The van der Waals surface area contributed by atoms with Gasteiger partial charge in [0.15, 0.2) is 5.82 Å². The van der Waals surface area contributed by atoms with Gasteiger partial charge in [-0.1, -0.05) is 0 Å². The van der Waals surface area contributed by atoms with Crippen LogP contribution in [0.2, 0.25) is 0 Å². The number of hydrogen-bond acceptors (Lipinski definition) is 4. The monoisotopic (exact) mass is 470 g/mol. The summed E-state index contributed by atoms with van der Waals surface area (Å²) in [6, 6.07) is 5.31. The van der Waals surface area contributed by atoms with Crippen molar-refractivity contribution in [3.8, 4) is 0 Å². The number of rotatable bonds is 3. The van der Waals surface area contributed by atoms with Gasteiger partial charge < -0.3 is 4.90 Å². The molecule has 4 rings (SSSR count). The lowest BCUT2D eigenvalue weighted by atomic mass is 9.86. The van der Waals surface area contributed by atoms with Gasteiger partial charge in [-0.05, 0) is 52.8 Å². The number of nitrogens with zero attached hydrogens (tertiary/aromatic N) is 3. The van der Waals surface area contributed by atoms with Gasteiger partial charge in [-0.15, -0.1) is 0 Å². The number of carbonyl (C=O) groups excluding carboxylic acids is 2. The molecule has 1 fully saturated rings. The van der Waals surface area contributed by atoms with Gasteiger partial charge in [0, 0.05) is 21.1 Å². The van der Waals surface area contributed by atoms with Gasteiger partial charge in [-0.25, -0.2) is 18.7 Å². The molecule has 2 aromatic rings. The van der Waals surface area contributed by atoms with E-state index in [2.05, 4.69) is 37.9 Å². The molecule has 0 bridgehead atoms. The predicted molar refractivity (Wildman–Crippen MR) is 96.9 cm³/mol. The second-order valence-electron chi connectivity index (χ2n) is 6.45. The Hall–Kier alpha value is -2.17. The minimum Gasteiger partial charge on any atom is -0.328 e. The van der Waals surface area contributed by atoms with E-state index < -0.39 is 23.3 Å². The Kier molecular flexibility index (Phi) is 4.13. The van der Waals surface area contributed by atoms with Crippen molar-refractivity contribution in [2.75, 3.05) is 18.4 Å². The predicted octanol–water partition coefficient (Wildman–Crippen LogP) is 2.29. The molecule has 26 heavy (non-hydrogen) atoms. The van der Waals surface area contributed by atoms with Crippen LogP contribution in [0.15, 0.2) is 30.6 Å². The van der Waals surface area contributed by atoms with Gasteiger partial charge in [-0.3, -0.25) is 14.9 Å². The minimum absolute atomic E-state index is 0.0553. The Bertz CT molecular complexity index is 908. The van der Waals surface area contributed by atoms with Crippen LogP contribution in [0.25, 0.3) is 0 Å². The van der Waals surface area contributed by atoms with Crippen molar-refractivity contribution in [1.82, 2.24) is 14.9 Å². The Morgan fingerprint density at radius 1 is 1.38 bits per heavy atom. The number of amides is 2. The maximum absolute atomic E-state index is 14.2. The fourth-order valence-corrected chi connectivity index (χ4v) is 3.82. The van der Waals surface area contributed by atoms with Crippen molar-refractivity contribution in [2.45, 2.75) is 18.0 Å². The van der Waals surface area contributed by atoms with E-state index in [4.69, 9.17) is 0 Å². The minimum atomic E-state index is -1.03. The maximum atomic E-state index is 14.2. The summed E-state index contributed by atoms with van der Waals surface area (Å²) in [6.07, 6.45) is 1.17. The van der Waals surface area contributed by atoms with Crippen LogP contribution in [0.3, 0.4) is 0 Å². The van der Waals surface area contributed by atoms with Crippen LogP contribution in [-0.2, 0) is 10.2 Å². The lowest BCUT2D eigenvalue weighted by Crippen LogP contribution is -2.47. The van der Waals surface area contributed by atoms with E-state index in [1.54, 1.807) is 12.1 Å². The average Bonchev–Trinajstić information content (AvgIpc) is 3.25. The van der Waals surface area contributed by atoms with E-state index in [-0.39, 0.29) is 24.9 Å². The van der Waals surface area contributed by atoms with Crippen LogP contribution in [0.4, 0.5) is 14.7 Å². The summed E-state index contributed by atoms with van der Waals surface area (Å²) in [5.74, 6) is -1.51. The Morgan fingerprint density at radius 2 is 2.08 bits per heavy atom. The molecule has 1 saturated carbocycles. The first kappa shape index (κ1) is 17.3. The summed E-state index contributed by atoms with van der Waals surface area (Å²) in [4.78, 5) is 33.6. The molecule has 1 unspecified atom stereocenters. The zero-order valence-corrected chi connectivity index (χ0v) is 15.5. The van der Waals surface area contributed by atoms with Gasteiger partial charge in [0.2, 0.25) is 11.9 Å². The summed E-state index contributed by atoms with van der Waals surface area (Å²) in [7, 11) is 0. The van der Waals surface area contributed by atoms with Crippen LogP contribution < -0.4 is 5.32 Å². The summed E-state index contributed by atoms with van der Waals surface area (Å²) in [6.45, 7) is -0.0999. The van der Waals surface area contributed by atoms with Crippen molar-refractivity contribution >= 4 is 40.4 Å². The van der Waals surface area contributed by atoms with Crippen molar-refractivity contribution in [3.63, 3.8) is 0 Å². The number of fused-ring (bicyclic) bond motifs is 2. The zero-order valence-electron chi connectivity index (χ0n) is 13.4. The summed E-state index contributed by atoms with van der Waals surface area (Å²) in [5.41, 5.74) is 0.431. The first-order valence-corrected chi connectivity index (χ1v) is 8.98. The molecule has 1 spiro atoms. The van der Waals surface area contributed by atoms with Crippen LogP contribution in [-0.4, -0.2) is 45.9 Å². The quantitative estimate of drug-likeness (QED) is 0.699. The fraction of sp³-hybridized carbons (Fsp3) is 0.294. The van der Waals surface area contributed by atoms with E-state index in [1.807, 2.05) is 6.07 Å². The highest BCUT2D eigenvalue weighted by atomic mass is 127. The van der Waals surface area contributed by atoms with Crippen molar-refractivity contribution in [2.24, 2.45) is 0 Å². The second kappa shape index (κ2) is 6.22. The lowest BCUT2D eigenvalue weighted by molar-refractivity contribution is -0.117. The summed E-state index contributed by atoms with van der Waals surface area (Å²) >= 11 is 2.13. The summed E-state index contributed by atoms with van der Waals surface area (Å²) < 4.78 is 27.9. The normalized spacial score (nSPS) is 23.7. The third kappa shape index (κ3) is 2.93. The standard InChI is InChI=1S/C17H13F2IN4O2/c18-9-5-21-16(22-6-9)23-14(25)7-24-8-17(4-13(17)19)12-3-10(20)1-2-11(12)15(24)26/h1-3,5-6,13H,4,7-8H2,(H,21,22,23,25)/t13?,17-/m0/s1. The van der Waals surface area contributed by atoms with Gasteiger partial charge in [-0.2, -0.15) is 0 Å². The smallest absolute Gasteiger partial charge is 0.254 e. The number of benzene rings is 1. The number of aromatic nitrogens is 2. The van der Waals surface area contributed by atoms with Crippen molar-refractivity contribution in [1.29, 1.82) is 0 Å². The van der Waals surface area contributed by atoms with Gasteiger partial charge in [0.1, 0.15) is 12.7 Å². The molecule has 1 aliphatic heterocycles. The second-order valence-corrected chi connectivity index (χ2v) is 7.70. The lowest BCUT2D eigenvalue weighted by Gasteiger charge is -2.34. The maximum Gasteiger partial charge on any atom is 0.254 e. The van der Waals surface area contributed by atoms with E-state index in [9.17, 15) is 18.4 Å². The molecule has 9 heteroatoms. The third-order valence-electron chi connectivity index (χ3n) is 4.70. The molecule has 2 atom stereocenters. The number of alkyl halides is 1. The van der Waals surface area contributed by atoms with Crippen LogP contribution in [0, 0.1) is 9.39 Å². The Balaban J connectivity index is 1.54. The summed E-state index contributed by atoms with van der Waals surface area (Å²) in [5, 5.41) is 2.41. The van der Waals surface area contributed by atoms with E-state index in [0.717, 1.165) is 21.5 Å². The first-order valence-electron chi connectivity index (χ1n) is 7.90. The van der Waals surface area contributed by atoms with E-state index in [0.29, 0.717) is 12.0 Å². The molecule has 1 aliphatic carbocycles. The molecule has 2 heterocycles. The number of anilines is 1. The molecule has 0 saturated heterocycles. The van der Waals surface area contributed by atoms with Gasteiger partial charge in [0.25, 0.3) is 5.91 Å². The number of nitrogens with one attached hydrogen (secondary N) is 1. The molecule has 134 valence electrons. The largest absolute Gasteiger partial charge is 0.328 e. The highest BCUT2D eigenvalue weighted by molar-refractivity contribution is 14.1. The fourth-order valence-electron chi connectivity index (χ4n) is 3.33. The van der Waals surface area contributed by atoms with Gasteiger partial charge >= 0.3 is 0 Å². The molecule has 1 aromatic heterocycles. The van der Waals surface area contributed by atoms with Crippen molar-refractivity contribution in [3.05, 3.63) is 51.1 Å². The Morgan fingerprint density at radius 3 is 2.73 bits per heavy atom. The topological polar surface area (TPSA) is 75.2 Å². The van der Waals surface area contributed by atoms with E-state index in [1.165, 1.54) is 4.90 Å². The number of hydrogen-bond donors (Lipinski definition) is 1. The van der Waals surface area contributed by atoms with Crippen LogP contribution >= 0.6 is 22.6 Å². The van der Waals surface area contributed by atoms with Crippen LogP contribution in [0.5, 0.6) is 0 Å². The van der Waals surface area contributed by atoms with Gasteiger partial charge in [0.05, 0.1) is 12.4 Å². The highest BCUT2D eigenvalue weighted by Gasteiger charge is 2.61. The van der Waals surface area contributed by atoms with Crippen molar-refractivity contribution < 1.29 is 18.4 Å². The average molecular weight is 470 g/mol. The molecule has 1 N–H and O–H groups in total. The van der Waals surface area contributed by atoms with E-state index >= 15 is 0 Å². The Labute approximate surface area is 161 Å². The first-order chi connectivity index (χ1) is 12.4. The third-order valence-corrected chi connectivity index (χ3v) is 5.37. The zero-order chi connectivity index (χ0) is 18.5. The molecule has 6 nitrogen and oxygen atoms in total. The molecule has 1 aromatic carbocycles. The molecular formula is C17H13F2IN4O2. The molecule has 2 amide bonds.